The molecule has 2 heterocycles. The van der Waals surface area contributed by atoms with Crippen LogP contribution >= 0.6 is 34.8 Å². The first-order valence-electron chi connectivity index (χ1n) is 4.29. The summed E-state index contributed by atoms with van der Waals surface area (Å²) in [4.78, 5) is 11.4. The van der Waals surface area contributed by atoms with Gasteiger partial charge in [0.25, 0.3) is 0 Å². The van der Waals surface area contributed by atoms with E-state index in [1.807, 2.05) is 0 Å². The molecule has 0 spiro atoms. The first-order chi connectivity index (χ1) is 6.37. The smallest absolute Gasteiger partial charge is 0.201 e. The van der Waals surface area contributed by atoms with Crippen LogP contribution < -0.4 is 0 Å². The molecule has 0 aromatic heterocycles. The van der Waals surface area contributed by atoms with Crippen molar-refractivity contribution in [3.05, 3.63) is 0 Å². The number of alkyl halides is 3. The highest BCUT2D eigenvalue weighted by Gasteiger charge is 2.78. The van der Waals surface area contributed by atoms with Crippen LogP contribution in [0, 0.1) is 5.41 Å². The monoisotopic (exact) mass is 256 g/mol. The highest BCUT2D eigenvalue weighted by atomic mass is 35.6. The summed E-state index contributed by atoms with van der Waals surface area (Å²) in [6.07, 6.45) is -1.43. The van der Waals surface area contributed by atoms with Gasteiger partial charge in [-0.1, -0.05) is 41.7 Å². The minimum absolute atomic E-state index is 0.00766. The van der Waals surface area contributed by atoms with Gasteiger partial charge in [-0.3, -0.25) is 4.79 Å². The van der Waals surface area contributed by atoms with E-state index in [0.717, 1.165) is 0 Å². The number of rotatable bonds is 0. The SMILES string of the molecule is CC1(C(Cl)(Cl)Cl)[C@H]2O[C@@H]2C(=O)[C@@H]2O[C@@H]21. The molecule has 5 atom stereocenters. The molecule has 2 aliphatic heterocycles. The largest absolute Gasteiger partial charge is 0.360 e. The second-order valence-corrected chi connectivity index (χ2v) is 6.42. The number of Topliss-reactive ketones (excluding diaryl/α,β-unsaturated/α-hetero) is 1. The molecular formula is C8H7Cl3O3. The fraction of sp³-hybridized carbons (Fsp3) is 0.875. The zero-order valence-electron chi connectivity index (χ0n) is 7.17. The third-order valence-electron chi connectivity index (χ3n) is 3.34. The topological polar surface area (TPSA) is 42.1 Å². The fourth-order valence-corrected chi connectivity index (χ4v) is 2.86. The Morgan fingerprint density at radius 2 is 1.64 bits per heavy atom. The lowest BCUT2D eigenvalue weighted by Crippen LogP contribution is -2.49. The van der Waals surface area contributed by atoms with Crippen LogP contribution in [0.4, 0.5) is 0 Å². The molecule has 6 heteroatoms. The summed E-state index contributed by atoms with van der Waals surface area (Å²) in [5.41, 5.74) is -0.707. The number of hydrogen-bond donors (Lipinski definition) is 0. The molecule has 2 saturated heterocycles. The first-order valence-corrected chi connectivity index (χ1v) is 5.42. The predicted octanol–water partition coefficient (Wildman–Crippen LogP) is 1.48. The summed E-state index contributed by atoms with van der Waals surface area (Å²) < 4.78 is 9.03. The van der Waals surface area contributed by atoms with Gasteiger partial charge in [0, 0.05) is 0 Å². The van der Waals surface area contributed by atoms with Crippen molar-refractivity contribution >= 4 is 40.6 Å². The molecule has 0 bridgehead atoms. The summed E-state index contributed by atoms with van der Waals surface area (Å²) in [6.45, 7) is 1.79. The lowest BCUT2D eigenvalue weighted by Gasteiger charge is -2.34. The Kier molecular flexibility index (Phi) is 1.66. The van der Waals surface area contributed by atoms with Gasteiger partial charge in [-0.2, -0.15) is 0 Å². The number of carbonyl (C=O) groups is 1. The van der Waals surface area contributed by atoms with Gasteiger partial charge in [0.1, 0.15) is 24.4 Å². The number of hydrogen-bond acceptors (Lipinski definition) is 3. The minimum atomic E-state index is -1.47. The van der Waals surface area contributed by atoms with Crippen molar-refractivity contribution in [2.24, 2.45) is 5.41 Å². The second-order valence-electron chi connectivity index (χ2n) is 4.14. The highest BCUT2D eigenvalue weighted by Crippen LogP contribution is 2.64. The molecule has 0 amide bonds. The lowest BCUT2D eigenvalue weighted by molar-refractivity contribution is -0.121. The number of ether oxygens (including phenoxy) is 2. The zero-order valence-corrected chi connectivity index (χ0v) is 9.44. The van der Waals surface area contributed by atoms with Crippen LogP contribution in [0.5, 0.6) is 0 Å². The van der Waals surface area contributed by atoms with Gasteiger partial charge in [-0.05, 0) is 0 Å². The van der Waals surface area contributed by atoms with Crippen molar-refractivity contribution in [3.63, 3.8) is 0 Å². The van der Waals surface area contributed by atoms with Crippen LogP contribution in [-0.4, -0.2) is 34.0 Å². The van der Waals surface area contributed by atoms with E-state index in [2.05, 4.69) is 0 Å². The van der Waals surface area contributed by atoms with Crippen molar-refractivity contribution in [3.8, 4) is 0 Å². The van der Waals surface area contributed by atoms with Crippen molar-refractivity contribution in [2.75, 3.05) is 0 Å². The zero-order chi connectivity index (χ0) is 10.3. The molecule has 1 aliphatic carbocycles. The average Bonchev–Trinajstić information content (AvgIpc) is 2.90. The summed E-state index contributed by atoms with van der Waals surface area (Å²) in [5.74, 6) is -0.00766. The van der Waals surface area contributed by atoms with Gasteiger partial charge in [0.2, 0.25) is 3.79 Å². The molecule has 1 saturated carbocycles. The van der Waals surface area contributed by atoms with Gasteiger partial charge in [-0.25, -0.2) is 0 Å². The normalized spacial score (nSPS) is 55.0. The van der Waals surface area contributed by atoms with E-state index < -0.39 is 21.4 Å². The molecule has 0 aromatic carbocycles. The number of fused-ring (bicyclic) bond motifs is 2. The van der Waals surface area contributed by atoms with E-state index in [4.69, 9.17) is 44.3 Å². The number of epoxide rings is 2. The Morgan fingerprint density at radius 3 is 2.00 bits per heavy atom. The van der Waals surface area contributed by atoms with Gasteiger partial charge in [-0.15, -0.1) is 0 Å². The summed E-state index contributed by atoms with van der Waals surface area (Å²) in [7, 11) is 0. The van der Waals surface area contributed by atoms with Crippen molar-refractivity contribution in [2.45, 2.75) is 35.1 Å². The minimum Gasteiger partial charge on any atom is -0.360 e. The highest BCUT2D eigenvalue weighted by molar-refractivity contribution is 6.68. The molecule has 3 nitrogen and oxygen atoms in total. The third kappa shape index (κ3) is 0.952. The molecule has 0 radical (unpaired) electrons. The maximum Gasteiger partial charge on any atom is 0.201 e. The maximum absolute atomic E-state index is 11.4. The van der Waals surface area contributed by atoms with Gasteiger partial charge >= 0.3 is 0 Å². The molecule has 0 aromatic rings. The molecule has 1 unspecified atom stereocenters. The number of ketones is 1. The van der Waals surface area contributed by atoms with E-state index in [-0.39, 0.29) is 18.0 Å². The fourth-order valence-electron chi connectivity index (χ4n) is 2.22. The van der Waals surface area contributed by atoms with Crippen LogP contribution in [0.3, 0.4) is 0 Å². The van der Waals surface area contributed by atoms with Crippen molar-refractivity contribution in [1.29, 1.82) is 0 Å². The Bertz CT molecular complexity index is 304. The molecular weight excluding hydrogens is 250 g/mol. The van der Waals surface area contributed by atoms with E-state index in [0.29, 0.717) is 0 Å². The van der Waals surface area contributed by atoms with Gasteiger partial charge < -0.3 is 9.47 Å². The van der Waals surface area contributed by atoms with Crippen LogP contribution in [-0.2, 0) is 14.3 Å². The van der Waals surface area contributed by atoms with Crippen LogP contribution in [0.15, 0.2) is 0 Å². The summed E-state index contributed by atoms with van der Waals surface area (Å²) in [6, 6.07) is 0. The molecule has 3 rings (SSSR count). The second kappa shape index (κ2) is 2.41. The van der Waals surface area contributed by atoms with E-state index in [1.54, 1.807) is 6.92 Å². The van der Waals surface area contributed by atoms with E-state index in [1.165, 1.54) is 0 Å². The van der Waals surface area contributed by atoms with Gasteiger partial charge in [0.15, 0.2) is 5.78 Å². The molecule has 78 valence electrons. The Labute approximate surface area is 95.6 Å². The van der Waals surface area contributed by atoms with Crippen LogP contribution in [0.1, 0.15) is 6.92 Å². The third-order valence-corrected chi connectivity index (χ3v) is 4.56. The Balaban J connectivity index is 1.99. The standard InChI is InChI=1S/C8H7Cl3O3/c1-7(8(9,10)11)5-3(13-5)2(12)4-6(7)14-4/h3-6H,1H3/t3-,4+,5-,6-,7?/m0/s1. The van der Waals surface area contributed by atoms with E-state index in [9.17, 15) is 4.79 Å². The van der Waals surface area contributed by atoms with Crippen molar-refractivity contribution < 1.29 is 14.3 Å². The van der Waals surface area contributed by atoms with Gasteiger partial charge in [0.05, 0.1) is 5.41 Å². The quantitative estimate of drug-likeness (QED) is 0.488. The number of carbonyl (C=O) groups excluding carboxylic acids is 1. The molecule has 3 fully saturated rings. The molecule has 3 aliphatic rings. The molecule has 14 heavy (non-hydrogen) atoms. The van der Waals surface area contributed by atoms with Crippen LogP contribution in [0.25, 0.3) is 0 Å². The van der Waals surface area contributed by atoms with Crippen LogP contribution in [0.2, 0.25) is 0 Å². The van der Waals surface area contributed by atoms with Crippen molar-refractivity contribution in [1.82, 2.24) is 0 Å². The predicted molar refractivity (Wildman–Crippen MR) is 50.7 cm³/mol. The summed E-state index contributed by atoms with van der Waals surface area (Å²) in [5, 5.41) is 0. The summed E-state index contributed by atoms with van der Waals surface area (Å²) >= 11 is 17.7. The maximum atomic E-state index is 11.4. The Hall–Kier alpha value is 0.460. The first kappa shape index (κ1) is 9.67. The van der Waals surface area contributed by atoms with E-state index >= 15 is 0 Å². The average molecular weight is 258 g/mol. The lowest BCUT2D eigenvalue weighted by atomic mass is 9.76. The molecule has 0 N–H and O–H groups in total. The Morgan fingerprint density at radius 1 is 1.21 bits per heavy atom. The number of halogens is 3.